The van der Waals surface area contributed by atoms with E-state index >= 15 is 0 Å². The summed E-state index contributed by atoms with van der Waals surface area (Å²) in [5.41, 5.74) is 5.10. The molecular formula is C8H11NSSi. The van der Waals surface area contributed by atoms with Crippen molar-refractivity contribution in [1.82, 2.24) is 4.98 Å². The predicted octanol–water partition coefficient (Wildman–Crippen LogP) is 2.37. The molecule has 1 nitrogen and oxygen atoms in total. The van der Waals surface area contributed by atoms with Crippen LogP contribution in [0.4, 0.5) is 0 Å². The molecule has 3 heteroatoms. The van der Waals surface area contributed by atoms with Crippen LogP contribution >= 0.6 is 11.3 Å². The molecule has 1 heterocycles. The maximum Gasteiger partial charge on any atom is 0.129 e. The summed E-state index contributed by atoms with van der Waals surface area (Å²) in [5, 5.41) is 0. The third kappa shape index (κ3) is 3.35. The number of aromatic nitrogens is 1. The monoisotopic (exact) mass is 181 g/mol. The fraction of sp³-hybridized carbons (Fsp3) is 0.375. The number of rotatable bonds is 0. The van der Waals surface area contributed by atoms with Crippen molar-refractivity contribution < 1.29 is 0 Å². The van der Waals surface area contributed by atoms with Gasteiger partial charge in [-0.1, -0.05) is 25.6 Å². The second kappa shape index (κ2) is 3.20. The largest absolute Gasteiger partial charge is 0.252 e. The summed E-state index contributed by atoms with van der Waals surface area (Å²) in [6, 6.07) is 0. The van der Waals surface area contributed by atoms with Crippen molar-refractivity contribution >= 4 is 19.4 Å². The maximum atomic E-state index is 3.95. The van der Waals surface area contributed by atoms with Crippen LogP contribution < -0.4 is 0 Å². The molecule has 0 spiro atoms. The van der Waals surface area contributed by atoms with Gasteiger partial charge < -0.3 is 0 Å². The Balaban J connectivity index is 2.74. The average molecular weight is 181 g/mol. The first-order chi connectivity index (χ1) is 5.08. The van der Waals surface area contributed by atoms with Crippen molar-refractivity contribution in [3.8, 4) is 11.5 Å². The number of nitrogens with zero attached hydrogens (tertiary/aromatic N) is 1. The molecule has 0 saturated carbocycles. The molecule has 58 valence electrons. The lowest BCUT2D eigenvalue weighted by Crippen LogP contribution is -2.16. The van der Waals surface area contributed by atoms with Crippen LogP contribution in [0.25, 0.3) is 0 Å². The van der Waals surface area contributed by atoms with E-state index < -0.39 is 8.07 Å². The molecule has 11 heavy (non-hydrogen) atoms. The zero-order valence-electron chi connectivity index (χ0n) is 7.01. The standard InChI is InChI=1S/C8H11NSSi/c1-11(2,3)5-4-8-6-9-7-10-8/h6-7H,1-3H3. The quantitative estimate of drug-likeness (QED) is 0.442. The lowest BCUT2D eigenvalue weighted by molar-refractivity contribution is 1.42. The van der Waals surface area contributed by atoms with Crippen LogP contribution in [0.3, 0.4) is 0 Å². The van der Waals surface area contributed by atoms with E-state index in [4.69, 9.17) is 0 Å². The van der Waals surface area contributed by atoms with Gasteiger partial charge in [-0.25, -0.2) is 0 Å². The second-order valence-corrected chi connectivity index (χ2v) is 9.00. The minimum atomic E-state index is -1.20. The normalized spacial score (nSPS) is 10.5. The Morgan fingerprint density at radius 2 is 2.18 bits per heavy atom. The predicted molar refractivity (Wildman–Crippen MR) is 52.3 cm³/mol. The Morgan fingerprint density at radius 3 is 2.64 bits per heavy atom. The Kier molecular flexibility index (Phi) is 2.48. The van der Waals surface area contributed by atoms with Crippen LogP contribution in [0.2, 0.25) is 19.6 Å². The summed E-state index contributed by atoms with van der Waals surface area (Å²) in [4.78, 5) is 5.03. The van der Waals surface area contributed by atoms with Gasteiger partial charge in [0.25, 0.3) is 0 Å². The second-order valence-electron chi connectivity index (χ2n) is 3.37. The topological polar surface area (TPSA) is 12.9 Å². The number of thiazole rings is 1. The highest BCUT2D eigenvalue weighted by molar-refractivity contribution is 7.10. The van der Waals surface area contributed by atoms with Crippen molar-refractivity contribution in [3.63, 3.8) is 0 Å². The first-order valence-electron chi connectivity index (χ1n) is 3.49. The first-order valence-corrected chi connectivity index (χ1v) is 7.87. The summed E-state index contributed by atoms with van der Waals surface area (Å²) in [6.07, 6.45) is 1.82. The van der Waals surface area contributed by atoms with E-state index in [1.165, 1.54) is 0 Å². The summed E-state index contributed by atoms with van der Waals surface area (Å²) in [5.74, 6) is 3.13. The van der Waals surface area contributed by atoms with Gasteiger partial charge in [0.1, 0.15) is 8.07 Å². The molecule has 0 unspecified atom stereocenters. The Labute approximate surface area is 72.5 Å². The van der Waals surface area contributed by atoms with Crippen LogP contribution in [0.15, 0.2) is 11.7 Å². The molecule has 1 rings (SSSR count). The fourth-order valence-corrected chi connectivity index (χ4v) is 1.59. The number of hydrogen-bond acceptors (Lipinski definition) is 2. The van der Waals surface area contributed by atoms with Crippen LogP contribution in [0, 0.1) is 11.5 Å². The molecule has 0 aliphatic heterocycles. The fourth-order valence-electron chi connectivity index (χ4n) is 0.527. The molecule has 0 fully saturated rings. The zero-order chi connectivity index (χ0) is 8.32. The van der Waals surface area contributed by atoms with Gasteiger partial charge in [-0.15, -0.1) is 16.9 Å². The number of hydrogen-bond donors (Lipinski definition) is 0. The Morgan fingerprint density at radius 1 is 1.45 bits per heavy atom. The summed E-state index contributed by atoms with van der Waals surface area (Å²) >= 11 is 1.60. The van der Waals surface area contributed by atoms with Crippen molar-refractivity contribution in [2.45, 2.75) is 19.6 Å². The van der Waals surface area contributed by atoms with Crippen molar-refractivity contribution in [3.05, 3.63) is 16.6 Å². The van der Waals surface area contributed by atoms with E-state index in [0.29, 0.717) is 0 Å². The molecule has 0 aliphatic carbocycles. The zero-order valence-corrected chi connectivity index (χ0v) is 8.83. The Bertz CT molecular complexity index is 273. The summed E-state index contributed by atoms with van der Waals surface area (Å²) < 4.78 is 0. The van der Waals surface area contributed by atoms with Crippen LogP contribution in [-0.2, 0) is 0 Å². The van der Waals surface area contributed by atoms with Gasteiger partial charge in [0.05, 0.1) is 16.6 Å². The van der Waals surface area contributed by atoms with Crippen molar-refractivity contribution in [2.75, 3.05) is 0 Å². The molecule has 0 saturated heterocycles. The van der Waals surface area contributed by atoms with Gasteiger partial charge >= 0.3 is 0 Å². The lowest BCUT2D eigenvalue weighted by atomic mass is 10.6. The van der Waals surface area contributed by atoms with E-state index in [1.807, 2.05) is 11.7 Å². The van der Waals surface area contributed by atoms with Crippen LogP contribution in [0.5, 0.6) is 0 Å². The molecule has 0 amide bonds. The minimum absolute atomic E-state index is 1.08. The van der Waals surface area contributed by atoms with Crippen molar-refractivity contribution in [1.29, 1.82) is 0 Å². The molecule has 0 aliphatic rings. The molecule has 0 atom stereocenters. The van der Waals surface area contributed by atoms with Gasteiger partial charge in [0, 0.05) is 0 Å². The summed E-state index contributed by atoms with van der Waals surface area (Å²) in [6.45, 7) is 6.71. The highest BCUT2D eigenvalue weighted by Crippen LogP contribution is 2.04. The molecule has 0 bridgehead atoms. The van der Waals surface area contributed by atoms with Gasteiger partial charge in [0.15, 0.2) is 0 Å². The average Bonchev–Trinajstić information content (AvgIpc) is 2.32. The van der Waals surface area contributed by atoms with Crippen molar-refractivity contribution in [2.24, 2.45) is 0 Å². The first kappa shape index (κ1) is 8.50. The molecular weight excluding hydrogens is 170 g/mol. The third-order valence-corrected chi connectivity index (χ3v) is 2.56. The maximum absolute atomic E-state index is 3.95. The molecule has 0 N–H and O–H groups in total. The molecule has 0 aromatic carbocycles. The van der Waals surface area contributed by atoms with Crippen LogP contribution in [0.1, 0.15) is 4.88 Å². The van der Waals surface area contributed by atoms with E-state index in [-0.39, 0.29) is 0 Å². The van der Waals surface area contributed by atoms with Gasteiger partial charge in [-0.05, 0) is 0 Å². The van der Waals surface area contributed by atoms with Gasteiger partial charge in [0.2, 0.25) is 0 Å². The molecule has 1 aromatic rings. The third-order valence-electron chi connectivity index (χ3n) is 0.993. The highest BCUT2D eigenvalue weighted by Gasteiger charge is 2.07. The van der Waals surface area contributed by atoms with E-state index in [0.717, 1.165) is 4.88 Å². The smallest absolute Gasteiger partial charge is 0.129 e. The highest BCUT2D eigenvalue weighted by atomic mass is 32.1. The van der Waals surface area contributed by atoms with Gasteiger partial charge in [-0.2, -0.15) is 0 Å². The van der Waals surface area contributed by atoms with Gasteiger partial charge in [-0.3, -0.25) is 4.98 Å². The minimum Gasteiger partial charge on any atom is -0.252 e. The van der Waals surface area contributed by atoms with E-state index in [2.05, 4.69) is 36.1 Å². The molecule has 0 radical (unpaired) electrons. The Hall–Kier alpha value is -0.593. The van der Waals surface area contributed by atoms with E-state index in [9.17, 15) is 0 Å². The lowest BCUT2D eigenvalue weighted by Gasteiger charge is -2.02. The van der Waals surface area contributed by atoms with Crippen LogP contribution in [-0.4, -0.2) is 13.1 Å². The van der Waals surface area contributed by atoms with E-state index in [1.54, 1.807) is 11.3 Å². The molecule has 1 aromatic heterocycles. The summed E-state index contributed by atoms with van der Waals surface area (Å²) in [7, 11) is -1.20. The SMILES string of the molecule is C[Si](C)(C)C#Cc1cncs1.